The lowest BCUT2D eigenvalue weighted by atomic mass is 9.74. The molecule has 0 radical (unpaired) electrons. The molecule has 156 valence electrons. The van der Waals surface area contributed by atoms with Crippen molar-refractivity contribution >= 4 is 0 Å². The molecular formula is C25H34NO3+. The Morgan fingerprint density at radius 3 is 1.76 bits per heavy atom. The van der Waals surface area contributed by atoms with E-state index in [4.69, 9.17) is 9.47 Å². The maximum atomic E-state index is 12.3. The molecule has 2 unspecified atom stereocenters. The van der Waals surface area contributed by atoms with E-state index in [1.807, 2.05) is 48.5 Å². The van der Waals surface area contributed by atoms with Crippen LogP contribution < -0.4 is 9.47 Å². The van der Waals surface area contributed by atoms with Gasteiger partial charge >= 0.3 is 0 Å². The molecule has 2 fully saturated rings. The molecule has 4 rings (SSSR count). The second kappa shape index (κ2) is 7.66. The minimum Gasteiger partial charge on any atom is -0.496 e. The summed E-state index contributed by atoms with van der Waals surface area (Å²) in [6.07, 6.45) is 5.61. The van der Waals surface area contributed by atoms with Gasteiger partial charge in [0.1, 0.15) is 17.1 Å². The normalized spacial score (nSPS) is 25.6. The zero-order valence-corrected chi connectivity index (χ0v) is 18.1. The van der Waals surface area contributed by atoms with Crippen molar-refractivity contribution in [1.82, 2.24) is 0 Å². The summed E-state index contributed by atoms with van der Waals surface area (Å²) in [6, 6.07) is 17.1. The summed E-state index contributed by atoms with van der Waals surface area (Å²) in [4.78, 5) is 0. The molecule has 2 heterocycles. The fourth-order valence-corrected chi connectivity index (χ4v) is 5.92. The molecule has 2 aliphatic heterocycles. The van der Waals surface area contributed by atoms with Gasteiger partial charge in [0.2, 0.25) is 0 Å². The van der Waals surface area contributed by atoms with Crippen LogP contribution in [-0.2, 0) is 5.60 Å². The van der Waals surface area contributed by atoms with Crippen LogP contribution in [0.25, 0.3) is 0 Å². The third-order valence-corrected chi connectivity index (χ3v) is 7.62. The van der Waals surface area contributed by atoms with Gasteiger partial charge in [-0.25, -0.2) is 0 Å². The van der Waals surface area contributed by atoms with Crippen LogP contribution in [-0.4, -0.2) is 50.0 Å². The molecule has 0 aromatic heterocycles. The van der Waals surface area contributed by atoms with Crippen LogP contribution in [0.3, 0.4) is 0 Å². The van der Waals surface area contributed by atoms with E-state index in [1.54, 1.807) is 14.2 Å². The average Bonchev–Trinajstić information content (AvgIpc) is 2.89. The van der Waals surface area contributed by atoms with Crippen molar-refractivity contribution in [2.75, 3.05) is 28.3 Å². The SMILES string of the molecule is COc1ccccc1C(O)(CC1CC2CCC(C1)[N+]2(C)C)c1ccccc1OC. The number of benzene rings is 2. The molecule has 4 nitrogen and oxygen atoms in total. The maximum Gasteiger partial charge on any atom is 0.125 e. The fraction of sp³-hybridized carbons (Fsp3) is 0.520. The number of ether oxygens (including phenoxy) is 2. The topological polar surface area (TPSA) is 38.7 Å². The Balaban J connectivity index is 1.76. The van der Waals surface area contributed by atoms with Gasteiger partial charge in [0, 0.05) is 36.8 Å². The number of piperidine rings is 1. The zero-order chi connectivity index (χ0) is 20.6. The third kappa shape index (κ3) is 3.43. The number of aliphatic hydroxyl groups is 1. The smallest absolute Gasteiger partial charge is 0.125 e. The van der Waals surface area contributed by atoms with Crippen molar-refractivity contribution in [3.05, 3.63) is 59.7 Å². The summed E-state index contributed by atoms with van der Waals surface area (Å²) in [5, 5.41) is 12.3. The lowest BCUT2D eigenvalue weighted by molar-refractivity contribution is -0.931. The van der Waals surface area contributed by atoms with Gasteiger partial charge in [-0.15, -0.1) is 0 Å². The van der Waals surface area contributed by atoms with E-state index in [0.29, 0.717) is 24.4 Å². The summed E-state index contributed by atoms with van der Waals surface area (Å²) < 4.78 is 12.5. The number of quaternary nitrogens is 1. The molecule has 2 atom stereocenters. The molecule has 2 aliphatic rings. The third-order valence-electron chi connectivity index (χ3n) is 7.62. The Kier molecular flexibility index (Phi) is 5.34. The largest absolute Gasteiger partial charge is 0.496 e. The molecule has 2 aromatic rings. The molecule has 4 heteroatoms. The van der Waals surface area contributed by atoms with Gasteiger partial charge in [0.15, 0.2) is 0 Å². The molecule has 2 bridgehead atoms. The van der Waals surface area contributed by atoms with Crippen LogP contribution in [0.2, 0.25) is 0 Å². The quantitative estimate of drug-likeness (QED) is 0.738. The van der Waals surface area contributed by atoms with Crippen molar-refractivity contribution in [3.8, 4) is 11.5 Å². The van der Waals surface area contributed by atoms with E-state index in [9.17, 15) is 5.11 Å². The fourth-order valence-electron chi connectivity index (χ4n) is 5.92. The van der Waals surface area contributed by atoms with Crippen molar-refractivity contribution in [1.29, 1.82) is 0 Å². The molecule has 29 heavy (non-hydrogen) atoms. The Labute approximate surface area is 174 Å². The Bertz CT molecular complexity index is 799. The van der Waals surface area contributed by atoms with E-state index in [0.717, 1.165) is 40.0 Å². The summed E-state index contributed by atoms with van der Waals surface area (Å²) >= 11 is 0. The minimum atomic E-state index is -1.15. The molecule has 0 spiro atoms. The highest BCUT2D eigenvalue weighted by Crippen LogP contribution is 2.49. The molecule has 0 saturated carbocycles. The molecule has 2 saturated heterocycles. The van der Waals surface area contributed by atoms with Crippen molar-refractivity contribution in [2.24, 2.45) is 5.92 Å². The first kappa shape index (κ1) is 20.2. The van der Waals surface area contributed by atoms with Gasteiger partial charge in [-0.2, -0.15) is 0 Å². The first-order valence-corrected chi connectivity index (χ1v) is 10.7. The van der Waals surface area contributed by atoms with Gasteiger partial charge in [-0.3, -0.25) is 0 Å². The van der Waals surface area contributed by atoms with Crippen molar-refractivity contribution < 1.29 is 19.1 Å². The van der Waals surface area contributed by atoms with Crippen molar-refractivity contribution in [2.45, 2.75) is 49.8 Å². The van der Waals surface area contributed by atoms with Gasteiger partial charge in [-0.05, 0) is 24.5 Å². The second-order valence-electron chi connectivity index (χ2n) is 9.32. The molecular weight excluding hydrogens is 362 g/mol. The first-order chi connectivity index (χ1) is 13.9. The summed E-state index contributed by atoms with van der Waals surface area (Å²) in [6.45, 7) is 0. The standard InChI is InChI=1S/C25H34NO3/c1-26(2)19-13-14-20(26)16-18(15-19)17-25(27,21-9-5-7-11-23(21)28-3)22-10-6-8-12-24(22)29-4/h5-12,18-20,27H,13-17H2,1-4H3/q+1. The molecule has 1 N–H and O–H groups in total. The number of para-hydroxylation sites is 2. The summed E-state index contributed by atoms with van der Waals surface area (Å²) in [7, 11) is 8.10. The van der Waals surface area contributed by atoms with Crippen LogP contribution in [0.1, 0.15) is 43.2 Å². The first-order valence-electron chi connectivity index (χ1n) is 10.7. The van der Waals surface area contributed by atoms with Crippen LogP contribution in [0.5, 0.6) is 11.5 Å². The number of rotatable bonds is 6. The molecule has 0 amide bonds. The Hall–Kier alpha value is -2.04. The maximum absolute atomic E-state index is 12.3. The van der Waals surface area contributed by atoms with Gasteiger partial charge in [0.05, 0.1) is 40.4 Å². The van der Waals surface area contributed by atoms with Gasteiger partial charge < -0.3 is 19.1 Å². The lowest BCUT2D eigenvalue weighted by Gasteiger charge is -2.46. The minimum absolute atomic E-state index is 0.471. The van der Waals surface area contributed by atoms with E-state index >= 15 is 0 Å². The van der Waals surface area contributed by atoms with E-state index in [2.05, 4.69) is 14.1 Å². The van der Waals surface area contributed by atoms with Gasteiger partial charge in [0.25, 0.3) is 0 Å². The number of fused-ring (bicyclic) bond motifs is 2. The van der Waals surface area contributed by atoms with Crippen LogP contribution in [0, 0.1) is 5.92 Å². The predicted octanol–water partition coefficient (Wildman–Crippen LogP) is 4.35. The average molecular weight is 397 g/mol. The second-order valence-corrected chi connectivity index (χ2v) is 9.32. The highest BCUT2D eigenvalue weighted by molar-refractivity contribution is 5.49. The van der Waals surface area contributed by atoms with E-state index < -0.39 is 5.60 Å². The lowest BCUT2D eigenvalue weighted by Crippen LogP contribution is -2.55. The van der Waals surface area contributed by atoms with Crippen molar-refractivity contribution in [3.63, 3.8) is 0 Å². The monoisotopic (exact) mass is 396 g/mol. The number of hydrogen-bond acceptors (Lipinski definition) is 3. The summed E-state index contributed by atoms with van der Waals surface area (Å²) in [5.74, 6) is 1.91. The Morgan fingerprint density at radius 1 is 0.862 bits per heavy atom. The number of methoxy groups -OCH3 is 2. The van der Waals surface area contributed by atoms with Crippen LogP contribution in [0.15, 0.2) is 48.5 Å². The predicted molar refractivity (Wildman–Crippen MR) is 115 cm³/mol. The van der Waals surface area contributed by atoms with Crippen LogP contribution in [0.4, 0.5) is 0 Å². The van der Waals surface area contributed by atoms with E-state index in [1.165, 1.54) is 12.8 Å². The van der Waals surface area contributed by atoms with Crippen LogP contribution >= 0.6 is 0 Å². The zero-order valence-electron chi connectivity index (χ0n) is 18.1. The van der Waals surface area contributed by atoms with Gasteiger partial charge in [-0.1, -0.05) is 36.4 Å². The number of nitrogens with zero attached hydrogens (tertiary/aromatic N) is 1. The number of hydrogen-bond donors (Lipinski definition) is 1. The molecule has 0 aliphatic carbocycles. The molecule has 2 aromatic carbocycles. The Morgan fingerprint density at radius 2 is 1.31 bits per heavy atom. The summed E-state index contributed by atoms with van der Waals surface area (Å²) in [5.41, 5.74) is 0.481. The highest BCUT2D eigenvalue weighted by atomic mass is 16.5. The van der Waals surface area contributed by atoms with E-state index in [-0.39, 0.29) is 0 Å². The highest BCUT2D eigenvalue weighted by Gasteiger charge is 2.51.